The van der Waals surface area contributed by atoms with Gasteiger partial charge >= 0.3 is 0 Å². The van der Waals surface area contributed by atoms with E-state index in [-0.39, 0.29) is 0 Å². The fourth-order valence-electron chi connectivity index (χ4n) is 1.56. The zero-order valence-electron chi connectivity index (χ0n) is 7.82. The number of isothiocyanates is 1. The van der Waals surface area contributed by atoms with E-state index in [0.717, 1.165) is 16.6 Å². The molecule has 0 aliphatic carbocycles. The molecule has 0 N–H and O–H groups in total. The highest BCUT2D eigenvalue weighted by Crippen LogP contribution is 2.28. The molecule has 0 fully saturated rings. The molecule has 2 rings (SSSR count). The summed E-state index contributed by atoms with van der Waals surface area (Å²) in [6, 6.07) is 12.3. The van der Waals surface area contributed by atoms with Gasteiger partial charge in [-0.3, -0.25) is 0 Å². The number of aliphatic imine (C=N–C) groups is 1. The molecule has 0 spiro atoms. The molecule has 68 valence electrons. The molecule has 0 radical (unpaired) electrons. The van der Waals surface area contributed by atoms with Gasteiger partial charge in [-0.05, 0) is 30.1 Å². The molecule has 0 aromatic heterocycles. The standard InChI is InChI=1S/C12H9NS/c1-9-6-7-10-4-2-3-5-11(10)12(9)13-8-14/h2-7H,1H3. The van der Waals surface area contributed by atoms with Gasteiger partial charge in [0.15, 0.2) is 0 Å². The molecule has 0 amide bonds. The molecule has 0 unspecified atom stereocenters. The van der Waals surface area contributed by atoms with Crippen LogP contribution in [0.15, 0.2) is 41.4 Å². The summed E-state index contributed by atoms with van der Waals surface area (Å²) in [6.07, 6.45) is 0. The van der Waals surface area contributed by atoms with Gasteiger partial charge in [-0.25, -0.2) is 0 Å². The van der Waals surface area contributed by atoms with E-state index in [0.29, 0.717) is 0 Å². The van der Waals surface area contributed by atoms with Crippen molar-refractivity contribution in [3.8, 4) is 0 Å². The Morgan fingerprint density at radius 1 is 1.14 bits per heavy atom. The third kappa shape index (κ3) is 1.46. The molecule has 0 bridgehead atoms. The van der Waals surface area contributed by atoms with E-state index in [1.165, 1.54) is 5.39 Å². The molecule has 0 atom stereocenters. The maximum Gasteiger partial charge on any atom is 0.0846 e. The van der Waals surface area contributed by atoms with Gasteiger partial charge in [-0.15, -0.1) is 0 Å². The van der Waals surface area contributed by atoms with Crippen LogP contribution in [0.1, 0.15) is 5.56 Å². The maximum atomic E-state index is 4.64. The Hall–Kier alpha value is -1.50. The predicted molar refractivity (Wildman–Crippen MR) is 63.4 cm³/mol. The van der Waals surface area contributed by atoms with Gasteiger partial charge in [0.1, 0.15) is 0 Å². The average Bonchev–Trinajstić information content (AvgIpc) is 2.23. The van der Waals surface area contributed by atoms with Crippen molar-refractivity contribution in [2.24, 2.45) is 4.99 Å². The van der Waals surface area contributed by atoms with Crippen molar-refractivity contribution in [3.05, 3.63) is 42.0 Å². The highest BCUT2D eigenvalue weighted by Gasteiger charge is 2.01. The predicted octanol–water partition coefficient (Wildman–Crippen LogP) is 3.88. The second-order valence-electron chi connectivity index (χ2n) is 3.16. The highest BCUT2D eigenvalue weighted by molar-refractivity contribution is 7.78. The van der Waals surface area contributed by atoms with E-state index in [2.05, 4.69) is 34.5 Å². The van der Waals surface area contributed by atoms with Crippen LogP contribution in [0.3, 0.4) is 0 Å². The Kier molecular flexibility index (Phi) is 2.40. The summed E-state index contributed by atoms with van der Waals surface area (Å²) < 4.78 is 0. The summed E-state index contributed by atoms with van der Waals surface area (Å²) in [5, 5.41) is 4.74. The molecular weight excluding hydrogens is 190 g/mol. The first-order valence-corrected chi connectivity index (χ1v) is 4.80. The second-order valence-corrected chi connectivity index (χ2v) is 3.34. The minimum Gasteiger partial charge on any atom is -0.194 e. The fourth-order valence-corrected chi connectivity index (χ4v) is 1.65. The molecular formula is C12H9NS. The Labute approximate surface area is 88.1 Å². The van der Waals surface area contributed by atoms with Crippen LogP contribution in [0.4, 0.5) is 5.69 Å². The first-order chi connectivity index (χ1) is 6.83. The van der Waals surface area contributed by atoms with E-state index in [1.807, 2.05) is 31.2 Å². The van der Waals surface area contributed by atoms with Crippen molar-refractivity contribution in [1.82, 2.24) is 0 Å². The smallest absolute Gasteiger partial charge is 0.0846 e. The lowest BCUT2D eigenvalue weighted by atomic mass is 10.1. The van der Waals surface area contributed by atoms with Crippen LogP contribution in [0, 0.1) is 6.92 Å². The van der Waals surface area contributed by atoms with Crippen LogP contribution in [0.25, 0.3) is 10.8 Å². The van der Waals surface area contributed by atoms with Crippen molar-refractivity contribution in [2.75, 3.05) is 0 Å². The van der Waals surface area contributed by atoms with E-state index >= 15 is 0 Å². The van der Waals surface area contributed by atoms with Gasteiger partial charge in [0.05, 0.1) is 10.8 Å². The number of benzene rings is 2. The average molecular weight is 199 g/mol. The highest BCUT2D eigenvalue weighted by atomic mass is 32.1. The third-order valence-electron chi connectivity index (χ3n) is 2.26. The number of hydrogen-bond donors (Lipinski definition) is 0. The molecule has 2 heteroatoms. The number of rotatable bonds is 1. The van der Waals surface area contributed by atoms with Crippen molar-refractivity contribution < 1.29 is 0 Å². The number of thiocarbonyl (C=S) groups is 1. The molecule has 0 aliphatic rings. The monoisotopic (exact) mass is 199 g/mol. The number of hydrogen-bond acceptors (Lipinski definition) is 2. The van der Waals surface area contributed by atoms with Crippen molar-refractivity contribution in [3.63, 3.8) is 0 Å². The minimum atomic E-state index is 0.929. The van der Waals surface area contributed by atoms with Gasteiger partial charge in [0.2, 0.25) is 0 Å². The van der Waals surface area contributed by atoms with Gasteiger partial charge in [-0.2, -0.15) is 4.99 Å². The normalized spacial score (nSPS) is 9.79. The van der Waals surface area contributed by atoms with Crippen LogP contribution < -0.4 is 0 Å². The van der Waals surface area contributed by atoms with Gasteiger partial charge < -0.3 is 0 Å². The fraction of sp³-hybridized carbons (Fsp3) is 0.0833. The molecule has 0 saturated carbocycles. The Morgan fingerprint density at radius 3 is 2.71 bits per heavy atom. The maximum absolute atomic E-state index is 4.64. The van der Waals surface area contributed by atoms with E-state index in [1.54, 1.807) is 0 Å². The van der Waals surface area contributed by atoms with Crippen LogP contribution in [0.5, 0.6) is 0 Å². The number of fused-ring (bicyclic) bond motifs is 1. The SMILES string of the molecule is Cc1ccc2ccccc2c1N=C=S. The topological polar surface area (TPSA) is 12.4 Å². The molecule has 0 heterocycles. The zero-order chi connectivity index (χ0) is 9.97. The minimum absolute atomic E-state index is 0.929. The van der Waals surface area contributed by atoms with Gasteiger partial charge in [-0.1, -0.05) is 36.4 Å². The van der Waals surface area contributed by atoms with Crippen LogP contribution >= 0.6 is 12.2 Å². The summed E-state index contributed by atoms with van der Waals surface area (Å²) >= 11 is 4.64. The molecule has 2 aromatic carbocycles. The lowest BCUT2D eigenvalue weighted by Crippen LogP contribution is -1.77. The van der Waals surface area contributed by atoms with Gasteiger partial charge in [0.25, 0.3) is 0 Å². The molecule has 1 nitrogen and oxygen atoms in total. The second kappa shape index (κ2) is 3.70. The molecule has 14 heavy (non-hydrogen) atoms. The molecule has 0 saturated heterocycles. The van der Waals surface area contributed by atoms with Crippen LogP contribution in [-0.4, -0.2) is 5.16 Å². The Balaban J connectivity index is 2.89. The quantitative estimate of drug-likeness (QED) is 0.501. The van der Waals surface area contributed by atoms with E-state index in [4.69, 9.17) is 0 Å². The Morgan fingerprint density at radius 2 is 1.93 bits per heavy atom. The first-order valence-electron chi connectivity index (χ1n) is 4.39. The van der Waals surface area contributed by atoms with E-state index < -0.39 is 0 Å². The van der Waals surface area contributed by atoms with Crippen molar-refractivity contribution in [1.29, 1.82) is 0 Å². The lowest BCUT2D eigenvalue weighted by molar-refractivity contribution is 1.44. The van der Waals surface area contributed by atoms with Crippen molar-refractivity contribution in [2.45, 2.75) is 6.92 Å². The molecule has 2 aromatic rings. The van der Waals surface area contributed by atoms with Crippen LogP contribution in [0.2, 0.25) is 0 Å². The zero-order valence-corrected chi connectivity index (χ0v) is 8.64. The van der Waals surface area contributed by atoms with Crippen LogP contribution in [-0.2, 0) is 0 Å². The number of nitrogens with zero attached hydrogens (tertiary/aromatic N) is 1. The lowest BCUT2D eigenvalue weighted by Gasteiger charge is -2.03. The third-order valence-corrected chi connectivity index (χ3v) is 2.35. The largest absolute Gasteiger partial charge is 0.194 e. The summed E-state index contributed by atoms with van der Waals surface area (Å²) in [6.45, 7) is 2.03. The van der Waals surface area contributed by atoms with Gasteiger partial charge in [0, 0.05) is 5.39 Å². The summed E-state index contributed by atoms with van der Waals surface area (Å²) in [4.78, 5) is 4.10. The summed E-state index contributed by atoms with van der Waals surface area (Å²) in [5.41, 5.74) is 2.05. The van der Waals surface area contributed by atoms with E-state index in [9.17, 15) is 0 Å². The summed E-state index contributed by atoms with van der Waals surface area (Å²) in [7, 11) is 0. The van der Waals surface area contributed by atoms with Crippen molar-refractivity contribution >= 4 is 33.8 Å². The number of aryl methyl sites for hydroxylation is 1. The Bertz CT molecular complexity index is 525. The summed E-state index contributed by atoms with van der Waals surface area (Å²) in [5.74, 6) is 0. The molecule has 0 aliphatic heterocycles. The first kappa shape index (κ1) is 9.07.